The Morgan fingerprint density at radius 3 is 2.88 bits per heavy atom. The quantitative estimate of drug-likeness (QED) is 0.700. The van der Waals surface area contributed by atoms with Crippen molar-refractivity contribution in [1.82, 2.24) is 9.80 Å². The predicted molar refractivity (Wildman–Crippen MR) is 66.0 cm³/mol. The molecule has 0 spiro atoms. The van der Waals surface area contributed by atoms with Crippen LogP contribution >= 0.6 is 0 Å². The number of piperidine rings is 1. The second-order valence-electron chi connectivity index (χ2n) is 5.08. The smallest absolute Gasteiger partial charge is 0.303 e. The standard InChI is InChI=1S/C12H24N2O3/c1-13-7-3-4-10(8-13)14(2)9-11(15)5-6-12(16)17/h10-11,15H,3-9H2,1-2H3,(H,16,17). The number of aliphatic hydroxyl groups excluding tert-OH is 1. The molecule has 2 N–H and O–H groups in total. The average Bonchev–Trinajstić information content (AvgIpc) is 2.26. The van der Waals surface area contributed by atoms with Crippen LogP contribution in [0.25, 0.3) is 0 Å². The molecule has 1 heterocycles. The maximum absolute atomic E-state index is 10.4. The van der Waals surface area contributed by atoms with E-state index in [-0.39, 0.29) is 6.42 Å². The Labute approximate surface area is 103 Å². The minimum atomic E-state index is -0.843. The fourth-order valence-corrected chi connectivity index (χ4v) is 2.36. The Bertz CT molecular complexity index is 248. The molecule has 0 saturated carbocycles. The largest absolute Gasteiger partial charge is 0.481 e. The molecule has 1 rings (SSSR count). The summed E-state index contributed by atoms with van der Waals surface area (Å²) in [4.78, 5) is 14.9. The number of carboxylic acids is 1. The van der Waals surface area contributed by atoms with Crippen molar-refractivity contribution >= 4 is 5.97 Å². The van der Waals surface area contributed by atoms with Gasteiger partial charge >= 0.3 is 5.97 Å². The van der Waals surface area contributed by atoms with Gasteiger partial charge in [0, 0.05) is 25.6 Å². The number of hydrogen-bond acceptors (Lipinski definition) is 4. The van der Waals surface area contributed by atoms with Crippen LogP contribution in [0.5, 0.6) is 0 Å². The van der Waals surface area contributed by atoms with E-state index in [0.717, 1.165) is 19.5 Å². The number of hydrogen-bond donors (Lipinski definition) is 2. The number of aliphatic carboxylic acids is 1. The molecule has 0 aromatic heterocycles. The molecule has 0 radical (unpaired) electrons. The van der Waals surface area contributed by atoms with Crippen molar-refractivity contribution in [2.24, 2.45) is 0 Å². The minimum Gasteiger partial charge on any atom is -0.481 e. The summed E-state index contributed by atoms with van der Waals surface area (Å²) in [5, 5.41) is 18.3. The molecule has 17 heavy (non-hydrogen) atoms. The van der Waals surface area contributed by atoms with Crippen molar-refractivity contribution in [3.8, 4) is 0 Å². The Balaban J connectivity index is 2.27. The number of likely N-dealkylation sites (N-methyl/N-ethyl adjacent to an activating group) is 2. The van der Waals surface area contributed by atoms with Crippen molar-refractivity contribution in [3.05, 3.63) is 0 Å². The van der Waals surface area contributed by atoms with Crippen molar-refractivity contribution in [2.45, 2.75) is 37.8 Å². The molecule has 100 valence electrons. The number of likely N-dealkylation sites (tertiary alicyclic amines) is 1. The summed E-state index contributed by atoms with van der Waals surface area (Å²) in [5.74, 6) is -0.843. The lowest BCUT2D eigenvalue weighted by molar-refractivity contribution is -0.137. The first-order chi connectivity index (χ1) is 7.99. The first-order valence-corrected chi connectivity index (χ1v) is 6.27. The summed E-state index contributed by atoms with van der Waals surface area (Å²) in [6, 6.07) is 0.480. The zero-order valence-electron chi connectivity index (χ0n) is 10.8. The zero-order chi connectivity index (χ0) is 12.8. The van der Waals surface area contributed by atoms with Crippen molar-refractivity contribution in [2.75, 3.05) is 33.7 Å². The van der Waals surface area contributed by atoms with E-state index in [2.05, 4.69) is 16.8 Å². The monoisotopic (exact) mass is 244 g/mol. The second-order valence-corrected chi connectivity index (χ2v) is 5.08. The molecule has 5 nitrogen and oxygen atoms in total. The fraction of sp³-hybridized carbons (Fsp3) is 0.917. The van der Waals surface area contributed by atoms with Crippen LogP contribution in [0, 0.1) is 0 Å². The van der Waals surface area contributed by atoms with Gasteiger partial charge in [0.15, 0.2) is 0 Å². The molecule has 1 aliphatic heterocycles. The summed E-state index contributed by atoms with van der Waals surface area (Å²) in [6.45, 7) is 2.74. The van der Waals surface area contributed by atoms with Crippen LogP contribution in [0.15, 0.2) is 0 Å². The highest BCUT2D eigenvalue weighted by atomic mass is 16.4. The van der Waals surface area contributed by atoms with E-state index >= 15 is 0 Å². The molecule has 0 amide bonds. The Morgan fingerprint density at radius 2 is 2.29 bits per heavy atom. The van der Waals surface area contributed by atoms with E-state index in [1.165, 1.54) is 6.42 Å². The lowest BCUT2D eigenvalue weighted by atomic mass is 10.0. The first-order valence-electron chi connectivity index (χ1n) is 6.27. The van der Waals surface area contributed by atoms with Gasteiger partial charge in [-0.25, -0.2) is 0 Å². The summed E-state index contributed by atoms with van der Waals surface area (Å²) in [7, 11) is 4.12. The van der Waals surface area contributed by atoms with Gasteiger partial charge < -0.3 is 15.1 Å². The number of carbonyl (C=O) groups is 1. The molecule has 5 heteroatoms. The third kappa shape index (κ3) is 5.48. The van der Waals surface area contributed by atoms with Gasteiger partial charge in [-0.05, 0) is 39.9 Å². The van der Waals surface area contributed by atoms with Crippen LogP contribution in [-0.4, -0.2) is 71.9 Å². The van der Waals surface area contributed by atoms with E-state index in [4.69, 9.17) is 5.11 Å². The maximum Gasteiger partial charge on any atom is 0.303 e. The minimum absolute atomic E-state index is 0.0412. The summed E-state index contributed by atoms with van der Waals surface area (Å²) in [5.41, 5.74) is 0. The van der Waals surface area contributed by atoms with Crippen LogP contribution in [-0.2, 0) is 4.79 Å². The summed E-state index contributed by atoms with van der Waals surface area (Å²) in [6.07, 6.45) is 2.19. The molecule has 2 atom stereocenters. The fourth-order valence-electron chi connectivity index (χ4n) is 2.36. The van der Waals surface area contributed by atoms with Gasteiger partial charge in [0.25, 0.3) is 0 Å². The van der Waals surface area contributed by atoms with Gasteiger partial charge in [0.2, 0.25) is 0 Å². The van der Waals surface area contributed by atoms with E-state index in [0.29, 0.717) is 19.0 Å². The second kappa shape index (κ2) is 6.93. The molecule has 0 aliphatic carbocycles. The Hall–Kier alpha value is -0.650. The van der Waals surface area contributed by atoms with Crippen LogP contribution in [0.3, 0.4) is 0 Å². The third-order valence-corrected chi connectivity index (χ3v) is 3.41. The van der Waals surface area contributed by atoms with Gasteiger partial charge in [0.05, 0.1) is 6.10 Å². The number of nitrogens with zero attached hydrogens (tertiary/aromatic N) is 2. The van der Waals surface area contributed by atoms with Crippen molar-refractivity contribution in [1.29, 1.82) is 0 Å². The van der Waals surface area contributed by atoms with Crippen LogP contribution < -0.4 is 0 Å². The van der Waals surface area contributed by atoms with E-state index < -0.39 is 12.1 Å². The van der Waals surface area contributed by atoms with Gasteiger partial charge in [-0.2, -0.15) is 0 Å². The van der Waals surface area contributed by atoms with Crippen molar-refractivity contribution < 1.29 is 15.0 Å². The van der Waals surface area contributed by atoms with E-state index in [9.17, 15) is 9.90 Å². The van der Waals surface area contributed by atoms with Gasteiger partial charge in [0.1, 0.15) is 0 Å². The number of carboxylic acid groups (broad SMARTS) is 1. The molecule has 0 bridgehead atoms. The molecular formula is C12H24N2O3. The Morgan fingerprint density at radius 1 is 1.59 bits per heavy atom. The first kappa shape index (κ1) is 14.4. The third-order valence-electron chi connectivity index (χ3n) is 3.41. The number of aliphatic hydroxyl groups is 1. The molecular weight excluding hydrogens is 220 g/mol. The Kier molecular flexibility index (Phi) is 5.88. The normalized spacial score (nSPS) is 23.9. The predicted octanol–water partition coefficient (Wildman–Crippen LogP) is 0.238. The molecule has 1 fully saturated rings. The molecule has 0 aromatic carbocycles. The van der Waals surface area contributed by atoms with Crippen LogP contribution in [0.4, 0.5) is 0 Å². The highest BCUT2D eigenvalue weighted by molar-refractivity contribution is 5.66. The van der Waals surface area contributed by atoms with Crippen molar-refractivity contribution in [3.63, 3.8) is 0 Å². The van der Waals surface area contributed by atoms with E-state index in [1.807, 2.05) is 7.05 Å². The summed E-state index contributed by atoms with van der Waals surface area (Å²) >= 11 is 0. The average molecular weight is 244 g/mol. The highest BCUT2D eigenvalue weighted by Gasteiger charge is 2.22. The number of rotatable bonds is 6. The topological polar surface area (TPSA) is 64.0 Å². The van der Waals surface area contributed by atoms with Crippen LogP contribution in [0.2, 0.25) is 0 Å². The van der Waals surface area contributed by atoms with Crippen LogP contribution in [0.1, 0.15) is 25.7 Å². The molecule has 0 aromatic rings. The van der Waals surface area contributed by atoms with Gasteiger partial charge in [-0.3, -0.25) is 9.69 Å². The lowest BCUT2D eigenvalue weighted by Gasteiger charge is -2.36. The zero-order valence-corrected chi connectivity index (χ0v) is 10.8. The van der Waals surface area contributed by atoms with Gasteiger partial charge in [-0.1, -0.05) is 0 Å². The molecule has 2 unspecified atom stereocenters. The SMILES string of the molecule is CN1CCCC(N(C)CC(O)CCC(=O)O)C1. The molecule has 1 aliphatic rings. The maximum atomic E-state index is 10.4. The van der Waals surface area contributed by atoms with Gasteiger partial charge in [-0.15, -0.1) is 0 Å². The lowest BCUT2D eigenvalue weighted by Crippen LogP contribution is -2.47. The summed E-state index contributed by atoms with van der Waals surface area (Å²) < 4.78 is 0. The van der Waals surface area contributed by atoms with E-state index in [1.54, 1.807) is 0 Å². The highest BCUT2D eigenvalue weighted by Crippen LogP contribution is 2.14. The molecule has 1 saturated heterocycles.